The fraction of sp³-hybridized carbons (Fsp3) is 0.440. The Morgan fingerprint density at radius 2 is 1.67 bits per heavy atom. The number of carbonyl (C=O) groups is 2. The van der Waals surface area contributed by atoms with Crippen molar-refractivity contribution < 1.29 is 23.8 Å². The van der Waals surface area contributed by atoms with E-state index in [4.69, 9.17) is 14.2 Å². The number of methoxy groups -OCH3 is 1. The highest BCUT2D eigenvalue weighted by Gasteiger charge is 2.51. The van der Waals surface area contributed by atoms with Gasteiger partial charge in [-0.25, -0.2) is 9.59 Å². The molecular weight excluding hydrogens is 458 g/mol. The van der Waals surface area contributed by atoms with E-state index in [2.05, 4.69) is 5.32 Å². The number of hydrogen-bond donors (Lipinski definition) is 1. The number of rotatable bonds is 7. The molecule has 1 atom stereocenters. The van der Waals surface area contributed by atoms with Crippen LogP contribution < -0.4 is 10.1 Å². The van der Waals surface area contributed by atoms with Gasteiger partial charge in [0.2, 0.25) is 0 Å². The first-order valence-corrected chi connectivity index (χ1v) is 12.8. The molecule has 1 aliphatic heterocycles. The van der Waals surface area contributed by atoms with Crippen LogP contribution in [-0.2, 0) is 20.9 Å². The molecule has 8 heteroatoms. The van der Waals surface area contributed by atoms with Gasteiger partial charge < -0.3 is 19.5 Å². The van der Waals surface area contributed by atoms with Crippen molar-refractivity contribution >= 4 is 35.6 Å². The number of benzene rings is 2. The van der Waals surface area contributed by atoms with Gasteiger partial charge in [-0.1, -0.05) is 42.5 Å². The van der Waals surface area contributed by atoms with Crippen molar-refractivity contribution in [1.29, 1.82) is 0 Å². The summed E-state index contributed by atoms with van der Waals surface area (Å²) in [4.78, 5) is 26.4. The topological polar surface area (TPSA) is 73.9 Å². The summed E-state index contributed by atoms with van der Waals surface area (Å²) in [5, 5.41) is 2.97. The molecule has 3 rings (SSSR count). The quantitative estimate of drug-likeness (QED) is 0.510. The number of carbonyl (C=O) groups excluding carboxylic acids is 2. The van der Waals surface area contributed by atoms with Crippen LogP contribution in [0, 0.1) is 0 Å². The smallest absolute Gasteiger partial charge is 0.408 e. The predicted molar refractivity (Wildman–Crippen MR) is 134 cm³/mol. The van der Waals surface area contributed by atoms with Crippen LogP contribution in [0.1, 0.15) is 44.4 Å². The van der Waals surface area contributed by atoms with E-state index in [9.17, 15) is 9.59 Å². The number of amides is 1. The third kappa shape index (κ3) is 6.84. The molecule has 0 unspecified atom stereocenters. The second-order valence-electron chi connectivity index (χ2n) is 8.63. The van der Waals surface area contributed by atoms with E-state index in [1.807, 2.05) is 75.4 Å². The minimum atomic E-state index is -1.04. The second kappa shape index (κ2) is 11.2. The molecule has 1 heterocycles. The van der Waals surface area contributed by atoms with Crippen molar-refractivity contribution in [3.63, 3.8) is 0 Å². The highest BCUT2D eigenvalue weighted by atomic mass is 32.2. The van der Waals surface area contributed by atoms with Gasteiger partial charge in [0.1, 0.15) is 18.0 Å². The Labute approximate surface area is 204 Å². The van der Waals surface area contributed by atoms with Crippen LogP contribution in [0.15, 0.2) is 54.6 Å². The molecule has 0 saturated carbocycles. The molecule has 0 spiro atoms. The maximum Gasteiger partial charge on any atom is 0.408 e. The molecule has 1 N–H and O–H groups in total. The summed E-state index contributed by atoms with van der Waals surface area (Å²) >= 11 is 3.03. The van der Waals surface area contributed by atoms with Crippen molar-refractivity contribution in [3.8, 4) is 5.75 Å². The summed E-state index contributed by atoms with van der Waals surface area (Å²) in [5.41, 5.74) is 1.02. The van der Waals surface area contributed by atoms with Gasteiger partial charge in [0.15, 0.2) is 4.08 Å². The van der Waals surface area contributed by atoms with E-state index in [0.29, 0.717) is 5.75 Å². The average Bonchev–Trinajstić information content (AvgIpc) is 2.81. The first-order valence-electron chi connectivity index (χ1n) is 10.9. The number of hydrogen-bond acceptors (Lipinski definition) is 7. The van der Waals surface area contributed by atoms with Crippen LogP contribution in [0.3, 0.4) is 0 Å². The lowest BCUT2D eigenvalue weighted by Crippen LogP contribution is -2.50. The number of alkyl carbamates (subject to hydrolysis) is 1. The summed E-state index contributed by atoms with van der Waals surface area (Å²) in [6, 6.07) is 16.3. The highest BCUT2D eigenvalue weighted by Crippen LogP contribution is 2.51. The maximum atomic E-state index is 13.6. The Morgan fingerprint density at radius 3 is 2.24 bits per heavy atom. The van der Waals surface area contributed by atoms with Gasteiger partial charge in [-0.2, -0.15) is 0 Å². The number of thioether (sulfide) groups is 2. The van der Waals surface area contributed by atoms with Crippen molar-refractivity contribution in [2.45, 2.75) is 49.5 Å². The number of ether oxygens (including phenoxy) is 3. The molecule has 2 aromatic carbocycles. The standard InChI is InChI=1S/C25H31NO5S2/c1-24(2,3)31-23(28)26-21(19-11-13-20(29-4)14-12-19)25(32-15-8-16-33-25)22(27)30-17-18-9-6-5-7-10-18/h5-7,9-14,21H,8,15-17H2,1-4H3,(H,26,28)/t21-/m0/s1. The fourth-order valence-corrected chi connectivity index (χ4v) is 6.67. The maximum absolute atomic E-state index is 13.6. The van der Waals surface area contributed by atoms with Crippen LogP contribution in [-0.4, -0.2) is 40.4 Å². The summed E-state index contributed by atoms with van der Waals surface area (Å²) in [6.45, 7) is 5.60. The van der Waals surface area contributed by atoms with E-state index in [0.717, 1.165) is 29.1 Å². The van der Waals surface area contributed by atoms with Crippen LogP contribution in [0.25, 0.3) is 0 Å². The van der Waals surface area contributed by atoms with E-state index < -0.39 is 21.8 Å². The molecule has 0 aromatic heterocycles. The third-order valence-corrected chi connectivity index (χ3v) is 8.26. The molecule has 33 heavy (non-hydrogen) atoms. The molecule has 1 saturated heterocycles. The molecule has 0 radical (unpaired) electrons. The predicted octanol–water partition coefficient (Wildman–Crippen LogP) is 5.57. The van der Waals surface area contributed by atoms with E-state index >= 15 is 0 Å². The number of esters is 1. The van der Waals surface area contributed by atoms with Crippen molar-refractivity contribution in [2.75, 3.05) is 18.6 Å². The largest absolute Gasteiger partial charge is 0.497 e. The second-order valence-corrected chi connectivity index (χ2v) is 11.6. The molecular formula is C25H31NO5S2. The van der Waals surface area contributed by atoms with Crippen LogP contribution in [0.2, 0.25) is 0 Å². The zero-order valence-electron chi connectivity index (χ0n) is 19.5. The molecule has 1 fully saturated rings. The fourth-order valence-electron chi connectivity index (χ4n) is 3.39. The van der Waals surface area contributed by atoms with Crippen molar-refractivity contribution in [1.82, 2.24) is 5.32 Å². The van der Waals surface area contributed by atoms with E-state index in [-0.39, 0.29) is 12.6 Å². The Kier molecular flexibility index (Phi) is 8.59. The zero-order valence-corrected chi connectivity index (χ0v) is 21.1. The average molecular weight is 490 g/mol. The Hall–Kier alpha value is -2.32. The van der Waals surface area contributed by atoms with Gasteiger partial charge in [0, 0.05) is 0 Å². The highest BCUT2D eigenvalue weighted by molar-refractivity contribution is 8.20. The molecule has 2 aromatic rings. The monoisotopic (exact) mass is 489 g/mol. The van der Waals surface area contributed by atoms with Crippen LogP contribution in [0.4, 0.5) is 4.79 Å². The van der Waals surface area contributed by atoms with Crippen molar-refractivity contribution in [3.05, 3.63) is 65.7 Å². The van der Waals surface area contributed by atoms with E-state index in [1.165, 1.54) is 23.5 Å². The number of nitrogens with one attached hydrogen (secondary N) is 1. The Morgan fingerprint density at radius 1 is 1.03 bits per heavy atom. The third-order valence-electron chi connectivity index (χ3n) is 4.91. The lowest BCUT2D eigenvalue weighted by molar-refractivity contribution is -0.146. The van der Waals surface area contributed by atoms with Gasteiger partial charge in [-0.3, -0.25) is 0 Å². The van der Waals surface area contributed by atoms with Crippen molar-refractivity contribution in [2.24, 2.45) is 0 Å². The summed E-state index contributed by atoms with van der Waals surface area (Å²) in [5.74, 6) is 1.91. The van der Waals surface area contributed by atoms with Crippen LogP contribution >= 0.6 is 23.5 Å². The molecule has 1 amide bonds. The molecule has 178 valence electrons. The van der Waals surface area contributed by atoms with Gasteiger partial charge >= 0.3 is 12.1 Å². The first kappa shape index (κ1) is 25.3. The summed E-state index contributed by atoms with van der Waals surface area (Å²) in [7, 11) is 1.60. The van der Waals surface area contributed by atoms with E-state index in [1.54, 1.807) is 7.11 Å². The molecule has 0 aliphatic carbocycles. The van der Waals surface area contributed by atoms with Crippen LogP contribution in [0.5, 0.6) is 5.75 Å². The lowest BCUT2D eigenvalue weighted by Gasteiger charge is -2.40. The minimum Gasteiger partial charge on any atom is -0.497 e. The van der Waals surface area contributed by atoms with Gasteiger partial charge in [0.25, 0.3) is 0 Å². The zero-order chi connectivity index (χ0) is 23.9. The summed E-state index contributed by atoms with van der Waals surface area (Å²) in [6.07, 6.45) is 0.399. The summed E-state index contributed by atoms with van der Waals surface area (Å²) < 4.78 is 15.6. The minimum absolute atomic E-state index is 0.171. The first-order chi connectivity index (χ1) is 15.7. The molecule has 0 bridgehead atoms. The molecule has 6 nitrogen and oxygen atoms in total. The Balaban J connectivity index is 1.93. The molecule has 1 aliphatic rings. The Bertz CT molecular complexity index is 922. The van der Waals surface area contributed by atoms with Gasteiger partial charge in [0.05, 0.1) is 13.2 Å². The van der Waals surface area contributed by atoms with Gasteiger partial charge in [-0.15, -0.1) is 23.5 Å². The SMILES string of the molecule is COc1ccc([C@H](NC(=O)OC(C)(C)C)C2(C(=O)OCc3ccccc3)SCCCS2)cc1. The van der Waals surface area contributed by atoms with Gasteiger partial charge in [-0.05, 0) is 62.0 Å². The normalized spacial score (nSPS) is 16.4. The lowest BCUT2D eigenvalue weighted by atomic mass is 10.0.